The van der Waals surface area contributed by atoms with Gasteiger partial charge in [-0.3, -0.25) is 0 Å². The molecule has 0 aliphatic carbocycles. The van der Waals surface area contributed by atoms with Crippen LogP contribution in [0.2, 0.25) is 0 Å². The molecule has 29 heavy (non-hydrogen) atoms. The Hall–Kier alpha value is -3.14. The minimum Gasteiger partial charge on any atom is -0.497 e. The Kier molecular flexibility index (Phi) is 8.41. The summed E-state index contributed by atoms with van der Waals surface area (Å²) in [6, 6.07) is 12.1. The summed E-state index contributed by atoms with van der Waals surface area (Å²) in [6.45, 7) is 13.0. The molecule has 4 heteroatoms. The van der Waals surface area contributed by atoms with Gasteiger partial charge in [0.25, 0.3) is 0 Å². The monoisotopic (exact) mass is 389 g/mol. The number of nitrogens with one attached hydrogen (secondary N) is 1. The lowest BCUT2D eigenvalue weighted by molar-refractivity contribution is 0.301. The van der Waals surface area contributed by atoms with Crippen LogP contribution in [0.15, 0.2) is 89.4 Å². The number of benzene rings is 1. The molecule has 0 saturated carbocycles. The van der Waals surface area contributed by atoms with Crippen LogP contribution in [0.5, 0.6) is 0 Å². The fraction of sp³-hybridized carbons (Fsp3) is 0.280. The van der Waals surface area contributed by atoms with Crippen molar-refractivity contribution in [3.05, 3.63) is 89.4 Å². The van der Waals surface area contributed by atoms with Crippen molar-refractivity contribution in [3.8, 4) is 11.3 Å². The van der Waals surface area contributed by atoms with Crippen LogP contribution in [0.25, 0.3) is 11.3 Å². The predicted octanol–water partition coefficient (Wildman–Crippen LogP) is 6.33. The maximum absolute atomic E-state index is 5.35. The van der Waals surface area contributed by atoms with Crippen molar-refractivity contribution in [3.63, 3.8) is 0 Å². The summed E-state index contributed by atoms with van der Waals surface area (Å²) in [6.07, 6.45) is 6.78. The molecule has 0 aliphatic rings. The summed E-state index contributed by atoms with van der Waals surface area (Å²) in [4.78, 5) is 9.02. The van der Waals surface area contributed by atoms with E-state index in [1.165, 1.54) is 16.7 Å². The quantitative estimate of drug-likeness (QED) is 0.402. The molecular formula is C25H31N3O. The summed E-state index contributed by atoms with van der Waals surface area (Å²) in [5, 5.41) is 3.37. The number of methoxy groups -OCH3 is 1. The molecule has 1 aromatic heterocycles. The number of anilines is 1. The predicted molar refractivity (Wildman–Crippen MR) is 123 cm³/mol. The smallest absolute Gasteiger partial charge is 0.223 e. The van der Waals surface area contributed by atoms with Crippen molar-refractivity contribution in [2.45, 2.75) is 34.1 Å². The van der Waals surface area contributed by atoms with Crippen molar-refractivity contribution < 1.29 is 4.74 Å². The zero-order valence-electron chi connectivity index (χ0n) is 18.1. The van der Waals surface area contributed by atoms with E-state index < -0.39 is 0 Å². The number of allylic oxidation sites excluding steroid dienone is 5. The summed E-state index contributed by atoms with van der Waals surface area (Å²) in [5.74, 6) is 1.43. The van der Waals surface area contributed by atoms with Crippen molar-refractivity contribution in [1.82, 2.24) is 9.97 Å². The van der Waals surface area contributed by atoms with Crippen molar-refractivity contribution >= 4 is 5.95 Å². The molecule has 0 spiro atoms. The molecule has 0 aliphatic heterocycles. The third-order valence-electron chi connectivity index (χ3n) is 4.86. The largest absolute Gasteiger partial charge is 0.497 e. The first kappa shape index (κ1) is 22.2. The van der Waals surface area contributed by atoms with Gasteiger partial charge in [0.2, 0.25) is 5.95 Å². The van der Waals surface area contributed by atoms with Crippen LogP contribution in [0.1, 0.15) is 34.1 Å². The number of hydrogen-bond donors (Lipinski definition) is 1. The van der Waals surface area contributed by atoms with Crippen LogP contribution in [0.3, 0.4) is 0 Å². The molecule has 0 fully saturated rings. The third kappa shape index (κ3) is 6.46. The minimum atomic E-state index is 0.635. The van der Waals surface area contributed by atoms with Crippen LogP contribution in [0, 0.1) is 0 Å². The van der Waals surface area contributed by atoms with Gasteiger partial charge in [-0.25, -0.2) is 9.97 Å². The average molecular weight is 390 g/mol. The van der Waals surface area contributed by atoms with Gasteiger partial charge in [-0.1, -0.05) is 49.9 Å². The molecule has 0 saturated heterocycles. The molecule has 0 radical (unpaired) electrons. The Bertz CT molecular complexity index is 924. The van der Waals surface area contributed by atoms with E-state index in [1.807, 2.05) is 37.3 Å². The van der Waals surface area contributed by atoms with E-state index >= 15 is 0 Å². The molecule has 1 aromatic carbocycles. The van der Waals surface area contributed by atoms with Gasteiger partial charge < -0.3 is 10.1 Å². The Balaban J connectivity index is 2.16. The lowest BCUT2D eigenvalue weighted by Gasteiger charge is -2.13. The fourth-order valence-electron chi connectivity index (χ4n) is 2.91. The maximum Gasteiger partial charge on any atom is 0.223 e. The van der Waals surface area contributed by atoms with E-state index in [1.54, 1.807) is 13.3 Å². The molecule has 0 amide bonds. The summed E-state index contributed by atoms with van der Waals surface area (Å²) < 4.78 is 5.35. The molecule has 0 bridgehead atoms. The Morgan fingerprint density at radius 2 is 1.83 bits per heavy atom. The summed E-state index contributed by atoms with van der Waals surface area (Å²) in [7, 11) is 1.66. The summed E-state index contributed by atoms with van der Waals surface area (Å²) in [5.41, 5.74) is 6.67. The van der Waals surface area contributed by atoms with E-state index in [0.29, 0.717) is 12.5 Å². The van der Waals surface area contributed by atoms with Gasteiger partial charge in [0.05, 0.1) is 12.8 Å². The van der Waals surface area contributed by atoms with E-state index in [9.17, 15) is 0 Å². The van der Waals surface area contributed by atoms with E-state index in [2.05, 4.69) is 60.8 Å². The van der Waals surface area contributed by atoms with Crippen molar-refractivity contribution in [2.75, 3.05) is 19.0 Å². The highest BCUT2D eigenvalue weighted by Crippen LogP contribution is 2.20. The zero-order valence-corrected chi connectivity index (χ0v) is 18.1. The SMILES string of the molecule is C=C(C)\C(=C/C=C(C)/C(C)=C(/CC)CNc1nccc(-c2ccccc2)n1)OC. The first-order valence-corrected chi connectivity index (χ1v) is 9.86. The molecule has 4 nitrogen and oxygen atoms in total. The van der Waals surface area contributed by atoms with E-state index in [-0.39, 0.29) is 0 Å². The van der Waals surface area contributed by atoms with Crippen molar-refractivity contribution in [2.24, 2.45) is 0 Å². The van der Waals surface area contributed by atoms with Crippen LogP contribution >= 0.6 is 0 Å². The lowest BCUT2D eigenvalue weighted by Crippen LogP contribution is -2.09. The molecule has 1 N–H and O–H groups in total. The first-order chi connectivity index (χ1) is 14.0. The topological polar surface area (TPSA) is 47.0 Å². The van der Waals surface area contributed by atoms with E-state index in [4.69, 9.17) is 4.74 Å². The van der Waals surface area contributed by atoms with Crippen LogP contribution in [-0.2, 0) is 4.74 Å². The first-order valence-electron chi connectivity index (χ1n) is 9.86. The van der Waals surface area contributed by atoms with Gasteiger partial charge in [-0.2, -0.15) is 0 Å². The number of nitrogens with zero attached hydrogens (tertiary/aromatic N) is 2. The van der Waals surface area contributed by atoms with Crippen LogP contribution in [0.4, 0.5) is 5.95 Å². The van der Waals surface area contributed by atoms with Crippen LogP contribution in [-0.4, -0.2) is 23.6 Å². The standard InChI is InChI=1S/C25H31N3O/c1-7-21(20(5)19(4)13-14-24(29-6)18(2)3)17-27-25-26-16-15-23(28-25)22-11-9-8-10-12-22/h8-16H,2,7,17H2,1,3-6H3,(H,26,27,28)/b19-13+,21-20-,24-14+. The Labute approximate surface area is 174 Å². The molecule has 1 heterocycles. The van der Waals surface area contributed by atoms with Gasteiger partial charge in [-0.05, 0) is 61.6 Å². The normalized spacial score (nSPS) is 13.0. The number of hydrogen-bond acceptors (Lipinski definition) is 4. The highest BCUT2D eigenvalue weighted by Gasteiger charge is 2.06. The maximum atomic E-state index is 5.35. The Morgan fingerprint density at radius 1 is 1.10 bits per heavy atom. The van der Waals surface area contributed by atoms with Gasteiger partial charge in [0, 0.05) is 18.3 Å². The van der Waals surface area contributed by atoms with Gasteiger partial charge >= 0.3 is 0 Å². The highest BCUT2D eigenvalue weighted by atomic mass is 16.5. The van der Waals surface area contributed by atoms with Crippen molar-refractivity contribution in [1.29, 1.82) is 0 Å². The molecule has 0 unspecified atom stereocenters. The number of ether oxygens (including phenoxy) is 1. The molecule has 152 valence electrons. The van der Waals surface area contributed by atoms with Crippen LogP contribution < -0.4 is 5.32 Å². The summed E-state index contributed by atoms with van der Waals surface area (Å²) >= 11 is 0. The number of aromatic nitrogens is 2. The lowest BCUT2D eigenvalue weighted by atomic mass is 10.00. The molecule has 2 aromatic rings. The molecule has 0 atom stereocenters. The van der Waals surface area contributed by atoms with Gasteiger partial charge in [-0.15, -0.1) is 0 Å². The second-order valence-electron chi connectivity index (χ2n) is 6.93. The third-order valence-corrected chi connectivity index (χ3v) is 4.86. The average Bonchev–Trinajstić information content (AvgIpc) is 2.75. The highest BCUT2D eigenvalue weighted by molar-refractivity contribution is 5.59. The second-order valence-corrected chi connectivity index (χ2v) is 6.93. The van der Waals surface area contributed by atoms with E-state index in [0.717, 1.165) is 29.0 Å². The fourth-order valence-corrected chi connectivity index (χ4v) is 2.91. The van der Waals surface area contributed by atoms with Gasteiger partial charge in [0.15, 0.2) is 0 Å². The number of rotatable bonds is 9. The molecule has 2 rings (SSSR count). The minimum absolute atomic E-state index is 0.635. The van der Waals surface area contributed by atoms with Gasteiger partial charge in [0.1, 0.15) is 5.76 Å². The molecular weight excluding hydrogens is 358 g/mol. The second kappa shape index (κ2) is 11.0. The Morgan fingerprint density at radius 3 is 2.45 bits per heavy atom. The zero-order chi connectivity index (χ0) is 21.2.